The maximum absolute atomic E-state index is 6.00. The monoisotopic (exact) mass is 254 g/mol. The summed E-state index contributed by atoms with van der Waals surface area (Å²) in [4.78, 5) is 0. The predicted molar refractivity (Wildman–Crippen MR) is 74.7 cm³/mol. The van der Waals surface area contributed by atoms with Crippen LogP contribution >= 0.6 is 11.6 Å². The number of halogens is 1. The quantitative estimate of drug-likeness (QED) is 0.612. The van der Waals surface area contributed by atoms with Crippen LogP contribution in [0, 0.1) is 0 Å². The second-order valence-corrected chi connectivity index (χ2v) is 4.81. The fraction of sp³-hybridized carbons (Fsp3) is 0.0625. The summed E-state index contributed by atoms with van der Waals surface area (Å²) in [6.07, 6.45) is 4.26. The summed E-state index contributed by atoms with van der Waals surface area (Å²) in [5.41, 5.74) is 1.21. The van der Waals surface area contributed by atoms with E-state index in [1.165, 1.54) is 16.3 Å². The van der Waals surface area contributed by atoms with E-state index in [0.717, 1.165) is 11.6 Å². The van der Waals surface area contributed by atoms with Gasteiger partial charge >= 0.3 is 0 Å². The lowest BCUT2D eigenvalue weighted by Crippen LogP contribution is -2.33. The van der Waals surface area contributed by atoms with Crippen LogP contribution in [0.25, 0.3) is 10.8 Å². The van der Waals surface area contributed by atoms with E-state index in [1.54, 1.807) is 0 Å². The number of hydrogen-bond acceptors (Lipinski definition) is 0. The lowest BCUT2D eigenvalue weighted by molar-refractivity contribution is -0.687. The number of benzene rings is 2. The van der Waals surface area contributed by atoms with Crippen LogP contribution in [0.2, 0.25) is 5.02 Å². The van der Waals surface area contributed by atoms with Crippen LogP contribution < -0.4 is 4.57 Å². The third kappa shape index (κ3) is 2.36. The van der Waals surface area contributed by atoms with Crippen molar-refractivity contribution >= 4 is 22.4 Å². The molecule has 0 bridgehead atoms. The number of nitrogens with zero attached hydrogens (tertiary/aromatic N) is 1. The lowest BCUT2D eigenvalue weighted by atomic mass is 10.1. The van der Waals surface area contributed by atoms with E-state index in [2.05, 4.69) is 53.4 Å². The maximum Gasteiger partial charge on any atom is 0.176 e. The summed E-state index contributed by atoms with van der Waals surface area (Å²) < 4.78 is 2.17. The van der Waals surface area contributed by atoms with Crippen molar-refractivity contribution in [1.29, 1.82) is 0 Å². The normalized spacial score (nSPS) is 10.7. The molecule has 0 aliphatic rings. The van der Waals surface area contributed by atoms with Gasteiger partial charge in [0, 0.05) is 22.0 Å². The van der Waals surface area contributed by atoms with Crippen LogP contribution in [-0.4, -0.2) is 0 Å². The first-order valence-electron chi connectivity index (χ1n) is 5.93. The fourth-order valence-electron chi connectivity index (χ4n) is 2.12. The first kappa shape index (κ1) is 11.2. The fourth-order valence-corrected chi connectivity index (χ4v) is 2.34. The Balaban J connectivity index is 1.95. The van der Waals surface area contributed by atoms with Crippen molar-refractivity contribution in [3.8, 4) is 0 Å². The van der Waals surface area contributed by atoms with Gasteiger partial charge in [0.05, 0.1) is 0 Å². The van der Waals surface area contributed by atoms with E-state index in [1.807, 2.05) is 18.2 Å². The largest absolute Gasteiger partial charge is 0.200 e. The molecule has 0 spiro atoms. The lowest BCUT2D eigenvalue weighted by Gasteiger charge is -2.00. The number of fused-ring (bicyclic) bond motifs is 1. The molecule has 18 heavy (non-hydrogen) atoms. The highest BCUT2D eigenvalue weighted by Crippen LogP contribution is 2.12. The molecule has 0 saturated heterocycles. The number of pyridine rings is 1. The van der Waals surface area contributed by atoms with E-state index in [-0.39, 0.29) is 0 Å². The summed E-state index contributed by atoms with van der Waals surface area (Å²) in [6, 6.07) is 18.5. The summed E-state index contributed by atoms with van der Waals surface area (Å²) in [6.45, 7) is 0.839. The predicted octanol–water partition coefficient (Wildman–Crippen LogP) is 3.83. The molecular weight excluding hydrogens is 242 g/mol. The van der Waals surface area contributed by atoms with Gasteiger partial charge in [-0.3, -0.25) is 0 Å². The van der Waals surface area contributed by atoms with Crippen molar-refractivity contribution in [2.75, 3.05) is 0 Å². The van der Waals surface area contributed by atoms with Gasteiger partial charge in [0.2, 0.25) is 0 Å². The third-order valence-corrected chi connectivity index (χ3v) is 3.24. The molecule has 0 aliphatic heterocycles. The van der Waals surface area contributed by atoms with E-state index in [9.17, 15) is 0 Å². The third-order valence-electron chi connectivity index (χ3n) is 3.00. The Labute approximate surface area is 111 Å². The topological polar surface area (TPSA) is 3.88 Å². The molecule has 0 amide bonds. The van der Waals surface area contributed by atoms with Gasteiger partial charge in [-0.1, -0.05) is 41.9 Å². The molecular formula is C16H13ClN+. The van der Waals surface area contributed by atoms with Gasteiger partial charge in [-0.2, -0.15) is 0 Å². The smallest absolute Gasteiger partial charge is 0.176 e. The van der Waals surface area contributed by atoms with E-state index in [0.29, 0.717) is 0 Å². The molecule has 88 valence electrons. The standard InChI is InChI=1S/C16H13ClN/c17-16-7-3-4-13(10-16)11-18-9-8-14-5-1-2-6-15(14)12-18/h1-10,12H,11H2/q+1. The van der Waals surface area contributed by atoms with Gasteiger partial charge in [-0.15, -0.1) is 0 Å². The number of hydrogen-bond donors (Lipinski definition) is 0. The second kappa shape index (κ2) is 4.79. The average molecular weight is 255 g/mol. The molecule has 0 atom stereocenters. The zero-order chi connectivity index (χ0) is 12.4. The summed E-state index contributed by atoms with van der Waals surface area (Å²) in [5.74, 6) is 0. The molecule has 0 unspecified atom stereocenters. The Morgan fingerprint density at radius 1 is 0.889 bits per heavy atom. The second-order valence-electron chi connectivity index (χ2n) is 4.38. The summed E-state index contributed by atoms with van der Waals surface area (Å²) >= 11 is 6.00. The van der Waals surface area contributed by atoms with Gasteiger partial charge in [0.25, 0.3) is 0 Å². The summed E-state index contributed by atoms with van der Waals surface area (Å²) in [5, 5.41) is 3.30. The number of rotatable bonds is 2. The molecule has 3 aromatic rings. The highest BCUT2D eigenvalue weighted by Gasteiger charge is 2.04. The maximum atomic E-state index is 6.00. The molecule has 0 radical (unpaired) electrons. The molecule has 0 N–H and O–H groups in total. The molecule has 2 heteroatoms. The minimum atomic E-state index is 0.786. The van der Waals surface area contributed by atoms with E-state index >= 15 is 0 Å². The molecule has 2 aromatic carbocycles. The molecule has 3 rings (SSSR count). The number of aromatic nitrogens is 1. The van der Waals surface area contributed by atoms with Gasteiger partial charge in [0.1, 0.15) is 0 Å². The zero-order valence-corrected chi connectivity index (χ0v) is 10.6. The van der Waals surface area contributed by atoms with Crippen molar-refractivity contribution < 1.29 is 4.57 Å². The SMILES string of the molecule is Clc1cccc(C[n+]2ccc3ccccc3c2)c1. The Hall–Kier alpha value is -1.86. The van der Waals surface area contributed by atoms with Crippen LogP contribution in [0.1, 0.15) is 5.56 Å². The van der Waals surface area contributed by atoms with E-state index < -0.39 is 0 Å². The van der Waals surface area contributed by atoms with E-state index in [4.69, 9.17) is 11.6 Å². The van der Waals surface area contributed by atoms with Crippen molar-refractivity contribution in [2.24, 2.45) is 0 Å². The van der Waals surface area contributed by atoms with Crippen LogP contribution in [0.4, 0.5) is 0 Å². The molecule has 1 heterocycles. The van der Waals surface area contributed by atoms with Crippen LogP contribution in [0.3, 0.4) is 0 Å². The summed E-state index contributed by atoms with van der Waals surface area (Å²) in [7, 11) is 0. The van der Waals surface area contributed by atoms with Crippen molar-refractivity contribution in [2.45, 2.75) is 6.54 Å². The molecule has 0 saturated carbocycles. The minimum absolute atomic E-state index is 0.786. The Bertz CT molecular complexity index is 691. The minimum Gasteiger partial charge on any atom is -0.200 e. The molecule has 0 fully saturated rings. The van der Waals surface area contributed by atoms with Crippen LogP contribution in [0.5, 0.6) is 0 Å². The Kier molecular flexibility index (Phi) is 2.99. The first-order chi connectivity index (χ1) is 8.81. The van der Waals surface area contributed by atoms with Gasteiger partial charge < -0.3 is 0 Å². The van der Waals surface area contributed by atoms with Gasteiger partial charge in [-0.05, 0) is 23.6 Å². The first-order valence-corrected chi connectivity index (χ1v) is 6.31. The molecule has 1 aromatic heterocycles. The highest BCUT2D eigenvalue weighted by molar-refractivity contribution is 6.30. The molecule has 0 aliphatic carbocycles. The van der Waals surface area contributed by atoms with Crippen molar-refractivity contribution in [3.05, 3.63) is 77.6 Å². The van der Waals surface area contributed by atoms with Gasteiger partial charge in [-0.25, -0.2) is 4.57 Å². The van der Waals surface area contributed by atoms with Crippen LogP contribution in [-0.2, 0) is 6.54 Å². The van der Waals surface area contributed by atoms with Crippen molar-refractivity contribution in [3.63, 3.8) is 0 Å². The zero-order valence-electron chi connectivity index (χ0n) is 9.88. The van der Waals surface area contributed by atoms with Gasteiger partial charge in [0.15, 0.2) is 18.9 Å². The Morgan fingerprint density at radius 2 is 1.72 bits per heavy atom. The average Bonchev–Trinajstić information content (AvgIpc) is 2.39. The molecule has 1 nitrogen and oxygen atoms in total. The van der Waals surface area contributed by atoms with Crippen LogP contribution in [0.15, 0.2) is 67.0 Å². The highest BCUT2D eigenvalue weighted by atomic mass is 35.5. The Morgan fingerprint density at radius 3 is 2.56 bits per heavy atom. The van der Waals surface area contributed by atoms with Crippen molar-refractivity contribution in [1.82, 2.24) is 0 Å².